The first kappa shape index (κ1) is 9.71. The van der Waals surface area contributed by atoms with E-state index in [0.717, 1.165) is 0 Å². The highest BCUT2D eigenvalue weighted by Crippen LogP contribution is 2.14. The molecule has 0 saturated carbocycles. The number of carboxylic acid groups (broad SMARTS) is 1. The Kier molecular flexibility index (Phi) is 2.68. The standard InChI is InChI=1S/C7H7N5O2S/c13-6(14)1-2-12-7(9-10-11-12)5-3-15-4-8-5/h3-4H,1-2H2,(H,13,14). The number of aryl methyl sites for hydroxylation is 1. The predicted octanol–water partition coefficient (Wildman–Crippen LogP) is 0.271. The van der Waals surface area contributed by atoms with Gasteiger partial charge >= 0.3 is 5.97 Å². The molecule has 2 heterocycles. The number of aliphatic carboxylic acids is 1. The quantitative estimate of drug-likeness (QED) is 0.802. The molecule has 0 amide bonds. The van der Waals surface area contributed by atoms with Crippen LogP contribution >= 0.6 is 11.3 Å². The Bertz CT molecular complexity index is 452. The van der Waals surface area contributed by atoms with E-state index in [4.69, 9.17) is 5.11 Å². The van der Waals surface area contributed by atoms with Crippen LogP contribution in [0.4, 0.5) is 0 Å². The van der Waals surface area contributed by atoms with Crippen molar-refractivity contribution in [3.63, 3.8) is 0 Å². The van der Waals surface area contributed by atoms with Gasteiger partial charge in [0.25, 0.3) is 0 Å². The van der Waals surface area contributed by atoms with Crippen LogP contribution in [0.2, 0.25) is 0 Å². The zero-order valence-electron chi connectivity index (χ0n) is 7.57. The Morgan fingerprint density at radius 2 is 2.47 bits per heavy atom. The number of aromatic nitrogens is 5. The van der Waals surface area contributed by atoms with Crippen molar-refractivity contribution < 1.29 is 9.90 Å². The van der Waals surface area contributed by atoms with Gasteiger partial charge < -0.3 is 5.11 Å². The van der Waals surface area contributed by atoms with Crippen LogP contribution in [-0.2, 0) is 11.3 Å². The van der Waals surface area contributed by atoms with Crippen molar-refractivity contribution in [1.82, 2.24) is 25.2 Å². The summed E-state index contributed by atoms with van der Waals surface area (Å²) in [4.78, 5) is 14.5. The van der Waals surface area contributed by atoms with Crippen LogP contribution < -0.4 is 0 Å². The summed E-state index contributed by atoms with van der Waals surface area (Å²) in [6.45, 7) is 0.245. The van der Waals surface area contributed by atoms with Gasteiger partial charge in [0.1, 0.15) is 5.69 Å². The number of carbonyl (C=O) groups is 1. The normalized spacial score (nSPS) is 10.4. The maximum Gasteiger partial charge on any atom is 0.305 e. The number of carboxylic acids is 1. The zero-order valence-corrected chi connectivity index (χ0v) is 8.39. The zero-order chi connectivity index (χ0) is 10.7. The molecule has 0 unspecified atom stereocenters. The van der Waals surface area contributed by atoms with Gasteiger partial charge in [0.15, 0.2) is 0 Å². The van der Waals surface area contributed by atoms with Gasteiger partial charge in [-0.25, -0.2) is 9.67 Å². The highest BCUT2D eigenvalue weighted by molar-refractivity contribution is 7.07. The van der Waals surface area contributed by atoms with Crippen LogP contribution in [0.25, 0.3) is 11.5 Å². The molecule has 0 fully saturated rings. The van der Waals surface area contributed by atoms with E-state index in [9.17, 15) is 4.79 Å². The summed E-state index contributed by atoms with van der Waals surface area (Å²) < 4.78 is 1.43. The van der Waals surface area contributed by atoms with Gasteiger partial charge in [-0.05, 0) is 10.4 Å². The molecule has 0 aliphatic rings. The largest absolute Gasteiger partial charge is 0.481 e. The van der Waals surface area contributed by atoms with Crippen molar-refractivity contribution >= 4 is 17.3 Å². The second-order valence-electron chi connectivity index (χ2n) is 2.74. The minimum Gasteiger partial charge on any atom is -0.481 e. The molecule has 0 saturated heterocycles. The predicted molar refractivity (Wildman–Crippen MR) is 51.2 cm³/mol. The molecule has 0 spiro atoms. The maximum atomic E-state index is 10.4. The molecule has 1 N–H and O–H groups in total. The Labute approximate surface area is 88.4 Å². The number of hydrogen-bond acceptors (Lipinski definition) is 6. The van der Waals surface area contributed by atoms with Crippen molar-refractivity contribution in [2.24, 2.45) is 0 Å². The summed E-state index contributed by atoms with van der Waals surface area (Å²) in [7, 11) is 0. The van der Waals surface area contributed by atoms with E-state index in [-0.39, 0.29) is 13.0 Å². The first-order valence-corrected chi connectivity index (χ1v) is 5.08. The first-order valence-electron chi connectivity index (χ1n) is 4.14. The molecule has 0 radical (unpaired) electrons. The van der Waals surface area contributed by atoms with E-state index >= 15 is 0 Å². The third-order valence-corrected chi connectivity index (χ3v) is 2.32. The second-order valence-corrected chi connectivity index (χ2v) is 3.46. The monoisotopic (exact) mass is 225 g/mol. The van der Waals surface area contributed by atoms with Crippen molar-refractivity contribution in [2.45, 2.75) is 13.0 Å². The van der Waals surface area contributed by atoms with E-state index < -0.39 is 5.97 Å². The topological polar surface area (TPSA) is 93.8 Å². The number of thiazole rings is 1. The lowest BCUT2D eigenvalue weighted by molar-refractivity contribution is -0.137. The summed E-state index contributed by atoms with van der Waals surface area (Å²) >= 11 is 1.43. The highest BCUT2D eigenvalue weighted by atomic mass is 32.1. The van der Waals surface area contributed by atoms with Gasteiger partial charge in [0, 0.05) is 5.38 Å². The molecule has 78 valence electrons. The fourth-order valence-electron chi connectivity index (χ4n) is 1.06. The van der Waals surface area contributed by atoms with Crippen molar-refractivity contribution in [3.8, 4) is 11.5 Å². The van der Waals surface area contributed by atoms with Crippen molar-refractivity contribution in [1.29, 1.82) is 0 Å². The summed E-state index contributed by atoms with van der Waals surface area (Å²) in [5.41, 5.74) is 2.33. The van der Waals surface area contributed by atoms with Crippen LogP contribution in [0.1, 0.15) is 6.42 Å². The van der Waals surface area contributed by atoms with E-state index in [1.807, 2.05) is 5.38 Å². The highest BCUT2D eigenvalue weighted by Gasteiger charge is 2.11. The van der Waals surface area contributed by atoms with Gasteiger partial charge in [-0.3, -0.25) is 4.79 Å². The van der Waals surface area contributed by atoms with Crippen LogP contribution in [-0.4, -0.2) is 36.3 Å². The molecule has 0 atom stereocenters. The number of rotatable bonds is 4. The van der Waals surface area contributed by atoms with E-state index in [1.165, 1.54) is 16.0 Å². The van der Waals surface area contributed by atoms with Crippen LogP contribution in [0.5, 0.6) is 0 Å². The van der Waals surface area contributed by atoms with E-state index in [1.54, 1.807) is 5.51 Å². The molecule has 2 aromatic heterocycles. The average molecular weight is 225 g/mol. The molecule has 0 aliphatic heterocycles. The number of hydrogen-bond donors (Lipinski definition) is 1. The third kappa shape index (κ3) is 2.15. The van der Waals surface area contributed by atoms with E-state index in [2.05, 4.69) is 20.5 Å². The minimum atomic E-state index is -0.880. The molecular formula is C7H7N5O2S. The fourth-order valence-corrected chi connectivity index (χ4v) is 1.59. The lowest BCUT2D eigenvalue weighted by Crippen LogP contribution is -2.07. The van der Waals surface area contributed by atoms with Crippen molar-refractivity contribution in [2.75, 3.05) is 0 Å². The second kappa shape index (κ2) is 4.13. The van der Waals surface area contributed by atoms with Gasteiger partial charge in [0.05, 0.1) is 18.5 Å². The summed E-state index contributed by atoms with van der Waals surface area (Å²) in [6.07, 6.45) is -0.0117. The Balaban J connectivity index is 2.19. The Hall–Kier alpha value is -1.83. The first-order chi connectivity index (χ1) is 7.27. The number of nitrogens with zero attached hydrogens (tertiary/aromatic N) is 5. The summed E-state index contributed by atoms with van der Waals surface area (Å²) in [6, 6.07) is 0. The minimum absolute atomic E-state index is 0.0117. The number of tetrazole rings is 1. The third-order valence-electron chi connectivity index (χ3n) is 1.73. The SMILES string of the molecule is O=C(O)CCn1nnnc1-c1cscn1. The molecular weight excluding hydrogens is 218 g/mol. The van der Waals surface area contributed by atoms with Crippen LogP contribution in [0, 0.1) is 0 Å². The van der Waals surface area contributed by atoms with Gasteiger partial charge in [-0.15, -0.1) is 16.4 Å². The van der Waals surface area contributed by atoms with Gasteiger partial charge in [-0.1, -0.05) is 0 Å². The molecule has 0 bridgehead atoms. The Morgan fingerprint density at radius 3 is 3.13 bits per heavy atom. The summed E-state index contributed by atoms with van der Waals surface area (Å²) in [5.74, 6) is -0.382. The summed E-state index contributed by atoms with van der Waals surface area (Å²) in [5, 5.41) is 21.3. The Morgan fingerprint density at radius 1 is 1.60 bits per heavy atom. The molecule has 8 heteroatoms. The molecule has 15 heavy (non-hydrogen) atoms. The maximum absolute atomic E-state index is 10.4. The lowest BCUT2D eigenvalue weighted by Gasteiger charge is -1.99. The van der Waals surface area contributed by atoms with Gasteiger partial charge in [-0.2, -0.15) is 0 Å². The molecule has 7 nitrogen and oxygen atoms in total. The molecule has 0 aliphatic carbocycles. The molecule has 2 rings (SSSR count). The lowest BCUT2D eigenvalue weighted by atomic mass is 10.4. The van der Waals surface area contributed by atoms with Crippen molar-refractivity contribution in [3.05, 3.63) is 10.9 Å². The fraction of sp³-hybridized carbons (Fsp3) is 0.286. The molecule has 2 aromatic rings. The smallest absolute Gasteiger partial charge is 0.305 e. The van der Waals surface area contributed by atoms with Crippen LogP contribution in [0.15, 0.2) is 10.9 Å². The average Bonchev–Trinajstić information content (AvgIpc) is 2.85. The van der Waals surface area contributed by atoms with Gasteiger partial charge in [0.2, 0.25) is 5.82 Å². The van der Waals surface area contributed by atoms with Crippen LogP contribution in [0.3, 0.4) is 0 Å². The molecule has 0 aromatic carbocycles. The van der Waals surface area contributed by atoms with E-state index in [0.29, 0.717) is 11.5 Å².